The second-order valence-corrected chi connectivity index (χ2v) is 4.57. The topological polar surface area (TPSA) is 72.8 Å². The van der Waals surface area contributed by atoms with Crippen LogP contribution in [0.5, 0.6) is 11.5 Å². The number of rotatable bonds is 6. The summed E-state index contributed by atoms with van der Waals surface area (Å²) in [5, 5.41) is 9.08. The zero-order valence-corrected chi connectivity index (χ0v) is 12.1. The summed E-state index contributed by atoms with van der Waals surface area (Å²) in [4.78, 5) is 23.2. The fraction of sp³-hybridized carbons (Fsp3) is 0.176. The summed E-state index contributed by atoms with van der Waals surface area (Å²) in [5.41, 5.74) is 0.239. The largest absolute Gasteiger partial charge is 0.494 e. The van der Waals surface area contributed by atoms with E-state index in [-0.39, 0.29) is 11.3 Å². The van der Waals surface area contributed by atoms with E-state index in [1.165, 1.54) is 12.1 Å². The van der Waals surface area contributed by atoms with Crippen LogP contribution in [-0.4, -0.2) is 23.7 Å². The standard InChI is InChI=1S/C17H16O5/c1-2-10-21-13-7-5-6-12(11-13)17(20)22-15-9-4-3-8-14(15)16(18)19/h3-9,11H,2,10H2,1H3,(H,18,19). The molecule has 2 rings (SSSR count). The van der Waals surface area contributed by atoms with E-state index in [0.717, 1.165) is 6.42 Å². The first-order valence-electron chi connectivity index (χ1n) is 6.89. The summed E-state index contributed by atoms with van der Waals surface area (Å²) in [7, 11) is 0. The Hall–Kier alpha value is -2.82. The van der Waals surface area contributed by atoms with Crippen LogP contribution < -0.4 is 9.47 Å². The number of carbonyl (C=O) groups is 2. The van der Waals surface area contributed by atoms with Crippen LogP contribution in [0.15, 0.2) is 48.5 Å². The first-order chi connectivity index (χ1) is 10.6. The van der Waals surface area contributed by atoms with Gasteiger partial charge in [-0.2, -0.15) is 0 Å². The molecule has 2 aromatic rings. The first kappa shape index (κ1) is 15.6. The Morgan fingerprint density at radius 1 is 1.09 bits per heavy atom. The molecule has 0 bridgehead atoms. The average Bonchev–Trinajstić information content (AvgIpc) is 2.53. The fourth-order valence-corrected chi connectivity index (χ4v) is 1.82. The van der Waals surface area contributed by atoms with Crippen molar-refractivity contribution in [2.24, 2.45) is 0 Å². The molecule has 0 aromatic heterocycles. The van der Waals surface area contributed by atoms with Crippen LogP contribution in [0.1, 0.15) is 34.1 Å². The lowest BCUT2D eigenvalue weighted by atomic mass is 10.2. The Balaban J connectivity index is 2.17. The third kappa shape index (κ3) is 3.85. The Labute approximate surface area is 128 Å². The van der Waals surface area contributed by atoms with Crippen molar-refractivity contribution >= 4 is 11.9 Å². The monoisotopic (exact) mass is 300 g/mol. The van der Waals surface area contributed by atoms with Crippen molar-refractivity contribution in [3.63, 3.8) is 0 Å². The molecule has 0 atom stereocenters. The Morgan fingerprint density at radius 3 is 2.59 bits per heavy atom. The number of para-hydroxylation sites is 1. The number of carbonyl (C=O) groups excluding carboxylic acids is 1. The average molecular weight is 300 g/mol. The van der Waals surface area contributed by atoms with Gasteiger partial charge in [0.25, 0.3) is 0 Å². The highest BCUT2D eigenvalue weighted by Crippen LogP contribution is 2.20. The summed E-state index contributed by atoms with van der Waals surface area (Å²) < 4.78 is 10.6. The third-order valence-corrected chi connectivity index (χ3v) is 2.86. The van der Waals surface area contributed by atoms with Gasteiger partial charge in [0, 0.05) is 0 Å². The minimum absolute atomic E-state index is 0.0138. The van der Waals surface area contributed by atoms with Crippen molar-refractivity contribution in [1.82, 2.24) is 0 Å². The van der Waals surface area contributed by atoms with Crippen molar-refractivity contribution in [3.8, 4) is 11.5 Å². The SMILES string of the molecule is CCCOc1cccc(C(=O)Oc2ccccc2C(=O)O)c1. The molecule has 0 heterocycles. The molecule has 1 N–H and O–H groups in total. The molecule has 5 heteroatoms. The van der Waals surface area contributed by atoms with E-state index in [1.54, 1.807) is 36.4 Å². The number of benzene rings is 2. The van der Waals surface area contributed by atoms with Gasteiger partial charge in [-0.15, -0.1) is 0 Å². The maximum absolute atomic E-state index is 12.1. The minimum atomic E-state index is -1.15. The van der Waals surface area contributed by atoms with Crippen molar-refractivity contribution < 1.29 is 24.2 Å². The van der Waals surface area contributed by atoms with E-state index in [0.29, 0.717) is 17.9 Å². The molecule has 0 saturated carbocycles. The van der Waals surface area contributed by atoms with E-state index < -0.39 is 11.9 Å². The van der Waals surface area contributed by atoms with E-state index in [1.807, 2.05) is 6.92 Å². The van der Waals surface area contributed by atoms with Crippen LogP contribution in [0.25, 0.3) is 0 Å². The Bertz CT molecular complexity index is 678. The van der Waals surface area contributed by atoms with Gasteiger partial charge in [0.05, 0.1) is 12.2 Å². The molecule has 0 spiro atoms. The predicted octanol–water partition coefficient (Wildman–Crippen LogP) is 3.39. The molecule has 0 radical (unpaired) electrons. The summed E-state index contributed by atoms with van der Waals surface area (Å²) >= 11 is 0. The lowest BCUT2D eigenvalue weighted by molar-refractivity contribution is 0.0681. The summed E-state index contributed by atoms with van der Waals surface area (Å²) in [5.74, 6) is -1.19. The number of aromatic carboxylic acids is 1. The molecule has 0 amide bonds. The number of esters is 1. The molecule has 0 unspecified atom stereocenters. The van der Waals surface area contributed by atoms with E-state index >= 15 is 0 Å². The highest BCUT2D eigenvalue weighted by atomic mass is 16.5. The zero-order valence-electron chi connectivity index (χ0n) is 12.1. The quantitative estimate of drug-likeness (QED) is 0.654. The summed E-state index contributed by atoms with van der Waals surface area (Å²) in [6.07, 6.45) is 0.862. The van der Waals surface area contributed by atoms with Crippen LogP contribution >= 0.6 is 0 Å². The lowest BCUT2D eigenvalue weighted by Crippen LogP contribution is -2.11. The second kappa shape index (κ2) is 7.26. The van der Waals surface area contributed by atoms with E-state index in [9.17, 15) is 9.59 Å². The molecular formula is C17H16O5. The predicted molar refractivity (Wildman–Crippen MR) is 80.6 cm³/mol. The second-order valence-electron chi connectivity index (χ2n) is 4.57. The van der Waals surface area contributed by atoms with E-state index in [4.69, 9.17) is 14.6 Å². The Morgan fingerprint density at radius 2 is 1.86 bits per heavy atom. The van der Waals surface area contributed by atoms with Crippen molar-refractivity contribution in [1.29, 1.82) is 0 Å². The normalized spacial score (nSPS) is 10.0. The molecular weight excluding hydrogens is 284 g/mol. The van der Waals surface area contributed by atoms with Gasteiger partial charge in [-0.25, -0.2) is 9.59 Å². The van der Waals surface area contributed by atoms with Crippen LogP contribution in [0.2, 0.25) is 0 Å². The molecule has 22 heavy (non-hydrogen) atoms. The Kier molecular flexibility index (Phi) is 5.14. The van der Waals surface area contributed by atoms with Gasteiger partial charge in [-0.3, -0.25) is 0 Å². The first-order valence-corrected chi connectivity index (χ1v) is 6.89. The smallest absolute Gasteiger partial charge is 0.343 e. The molecule has 5 nitrogen and oxygen atoms in total. The number of carboxylic acid groups (broad SMARTS) is 1. The van der Waals surface area contributed by atoms with Crippen molar-refractivity contribution in [2.75, 3.05) is 6.61 Å². The lowest BCUT2D eigenvalue weighted by Gasteiger charge is -2.09. The number of hydrogen-bond donors (Lipinski definition) is 1. The minimum Gasteiger partial charge on any atom is -0.494 e. The number of hydrogen-bond acceptors (Lipinski definition) is 4. The van der Waals surface area contributed by atoms with Crippen LogP contribution in [-0.2, 0) is 0 Å². The number of ether oxygens (including phenoxy) is 2. The number of carboxylic acids is 1. The van der Waals surface area contributed by atoms with Crippen molar-refractivity contribution in [2.45, 2.75) is 13.3 Å². The highest BCUT2D eigenvalue weighted by molar-refractivity contribution is 5.95. The molecule has 2 aromatic carbocycles. The van der Waals surface area contributed by atoms with Gasteiger partial charge in [-0.1, -0.05) is 25.1 Å². The molecule has 0 saturated heterocycles. The molecule has 114 valence electrons. The van der Waals surface area contributed by atoms with Crippen LogP contribution in [0, 0.1) is 0 Å². The van der Waals surface area contributed by atoms with Gasteiger partial charge in [-0.05, 0) is 36.8 Å². The molecule has 0 aliphatic carbocycles. The highest BCUT2D eigenvalue weighted by Gasteiger charge is 2.15. The summed E-state index contributed by atoms with van der Waals surface area (Å²) in [6.45, 7) is 2.54. The maximum atomic E-state index is 12.1. The van der Waals surface area contributed by atoms with Crippen LogP contribution in [0.4, 0.5) is 0 Å². The molecule has 0 fully saturated rings. The third-order valence-electron chi connectivity index (χ3n) is 2.86. The zero-order chi connectivity index (χ0) is 15.9. The van der Waals surface area contributed by atoms with Gasteiger partial charge in [0.2, 0.25) is 0 Å². The van der Waals surface area contributed by atoms with E-state index in [2.05, 4.69) is 0 Å². The maximum Gasteiger partial charge on any atom is 0.343 e. The van der Waals surface area contributed by atoms with Gasteiger partial charge < -0.3 is 14.6 Å². The molecule has 0 aliphatic rings. The van der Waals surface area contributed by atoms with Gasteiger partial charge in [0.1, 0.15) is 17.1 Å². The summed E-state index contributed by atoms with van der Waals surface area (Å²) in [6, 6.07) is 12.6. The van der Waals surface area contributed by atoms with Crippen LogP contribution in [0.3, 0.4) is 0 Å². The molecule has 0 aliphatic heterocycles. The van der Waals surface area contributed by atoms with Gasteiger partial charge >= 0.3 is 11.9 Å². The van der Waals surface area contributed by atoms with Gasteiger partial charge in [0.15, 0.2) is 0 Å². The fourth-order valence-electron chi connectivity index (χ4n) is 1.82. The van der Waals surface area contributed by atoms with Crippen molar-refractivity contribution in [3.05, 3.63) is 59.7 Å².